The smallest absolute Gasteiger partial charge is 0.167 e. The molecule has 4 aromatic rings. The first-order valence-corrected chi connectivity index (χ1v) is 14.3. The second-order valence-electron chi connectivity index (χ2n) is 10.5. The number of carbonyl (C=O) groups is 2. The van der Waals surface area contributed by atoms with Gasteiger partial charge >= 0.3 is 0 Å². The molecule has 38 heavy (non-hydrogen) atoms. The van der Waals surface area contributed by atoms with Crippen LogP contribution in [0.1, 0.15) is 95.3 Å². The van der Waals surface area contributed by atoms with E-state index in [2.05, 4.69) is 62.4 Å². The number of carbonyl (C=O) groups excluding carboxylic acids is 2. The van der Waals surface area contributed by atoms with E-state index in [1.165, 1.54) is 49.7 Å². The lowest BCUT2D eigenvalue weighted by Crippen LogP contribution is -2.05. The Morgan fingerprint density at radius 3 is 1.21 bits per heavy atom. The molecule has 0 atom stereocenters. The minimum atomic E-state index is 0.115. The third-order valence-electron chi connectivity index (χ3n) is 7.40. The van der Waals surface area contributed by atoms with Gasteiger partial charge in [-0.15, -0.1) is 0 Å². The zero-order chi connectivity index (χ0) is 26.7. The maximum absolute atomic E-state index is 13.0. The summed E-state index contributed by atoms with van der Waals surface area (Å²) in [4.78, 5) is 26.0. The van der Waals surface area contributed by atoms with Crippen molar-refractivity contribution in [3.05, 3.63) is 118 Å². The molecule has 2 heteroatoms. The highest BCUT2D eigenvalue weighted by molar-refractivity contribution is 6.04. The summed E-state index contributed by atoms with van der Waals surface area (Å²) >= 11 is 0. The predicted octanol–water partition coefficient (Wildman–Crippen LogP) is 9.16. The molecule has 4 aromatic carbocycles. The van der Waals surface area contributed by atoms with Gasteiger partial charge in [0.15, 0.2) is 11.6 Å². The maximum Gasteiger partial charge on any atom is 0.167 e. The van der Waals surface area contributed by atoms with E-state index in [0.29, 0.717) is 24.0 Å². The fourth-order valence-corrected chi connectivity index (χ4v) is 4.97. The molecule has 0 aliphatic carbocycles. The van der Waals surface area contributed by atoms with E-state index in [-0.39, 0.29) is 11.6 Å². The Morgan fingerprint density at radius 2 is 0.842 bits per heavy atom. The average Bonchev–Trinajstić information content (AvgIpc) is 2.94. The molecule has 0 bridgehead atoms. The number of hydrogen-bond donors (Lipinski definition) is 0. The first kappa shape index (κ1) is 27.5. The Hall–Kier alpha value is -3.52. The van der Waals surface area contributed by atoms with Crippen molar-refractivity contribution in [1.29, 1.82) is 0 Å². The van der Waals surface area contributed by atoms with Crippen molar-refractivity contribution in [3.63, 3.8) is 0 Å². The molecule has 0 amide bonds. The third kappa shape index (κ3) is 7.74. The van der Waals surface area contributed by atoms with Crippen molar-refractivity contribution >= 4 is 22.3 Å². The topological polar surface area (TPSA) is 34.1 Å². The van der Waals surface area contributed by atoms with Gasteiger partial charge in [0, 0.05) is 24.0 Å². The van der Waals surface area contributed by atoms with Crippen molar-refractivity contribution in [2.45, 2.75) is 78.1 Å². The molecule has 0 saturated carbocycles. The van der Waals surface area contributed by atoms with Gasteiger partial charge in [0.1, 0.15) is 0 Å². The fraction of sp³-hybridized carbons (Fsp3) is 0.333. The van der Waals surface area contributed by atoms with Crippen molar-refractivity contribution in [2.24, 2.45) is 0 Å². The first-order valence-electron chi connectivity index (χ1n) is 14.3. The maximum atomic E-state index is 13.0. The molecule has 4 rings (SSSR count). The lowest BCUT2D eigenvalue weighted by molar-refractivity contribution is 0.0984. The normalized spacial score (nSPS) is 11.1. The lowest BCUT2D eigenvalue weighted by Gasteiger charge is -2.08. The third-order valence-corrected chi connectivity index (χ3v) is 7.40. The minimum absolute atomic E-state index is 0.115. The van der Waals surface area contributed by atoms with Crippen LogP contribution in [0.25, 0.3) is 10.8 Å². The van der Waals surface area contributed by atoms with Gasteiger partial charge in [0.25, 0.3) is 0 Å². The number of aryl methyl sites for hydroxylation is 2. The van der Waals surface area contributed by atoms with E-state index in [0.717, 1.165) is 34.7 Å². The van der Waals surface area contributed by atoms with Gasteiger partial charge in [0.05, 0.1) is 0 Å². The number of unbranched alkanes of at least 4 members (excludes halogenated alkanes) is 4. The minimum Gasteiger partial charge on any atom is -0.294 e. The van der Waals surface area contributed by atoms with Gasteiger partial charge in [-0.05, 0) is 70.8 Å². The van der Waals surface area contributed by atoms with Crippen molar-refractivity contribution in [2.75, 3.05) is 0 Å². The Kier molecular flexibility index (Phi) is 10.0. The standard InChI is InChI=1S/C36H40O2/c1-3-5-7-9-27-11-15-29(16-12-27)23-35(37)33-21-19-32-26-34(22-20-31(32)25-33)36(38)24-30-17-13-28(14-18-30)10-8-6-4-2/h11-22,25-26H,3-10,23-24H2,1-2H3. The Morgan fingerprint density at radius 1 is 0.474 bits per heavy atom. The zero-order valence-corrected chi connectivity index (χ0v) is 23.0. The van der Waals surface area contributed by atoms with E-state index >= 15 is 0 Å². The molecular weight excluding hydrogens is 464 g/mol. The predicted molar refractivity (Wildman–Crippen MR) is 159 cm³/mol. The summed E-state index contributed by atoms with van der Waals surface area (Å²) in [5.74, 6) is 0.229. The van der Waals surface area contributed by atoms with E-state index in [1.807, 2.05) is 36.4 Å². The van der Waals surface area contributed by atoms with E-state index in [1.54, 1.807) is 0 Å². The van der Waals surface area contributed by atoms with E-state index < -0.39 is 0 Å². The molecular formula is C36H40O2. The second-order valence-corrected chi connectivity index (χ2v) is 10.5. The highest BCUT2D eigenvalue weighted by Crippen LogP contribution is 2.21. The van der Waals surface area contributed by atoms with Gasteiger partial charge < -0.3 is 0 Å². The quantitative estimate of drug-likeness (QED) is 0.127. The molecule has 0 heterocycles. The average molecular weight is 505 g/mol. The van der Waals surface area contributed by atoms with Crippen LogP contribution < -0.4 is 0 Å². The van der Waals surface area contributed by atoms with Crippen LogP contribution >= 0.6 is 0 Å². The number of ketones is 2. The van der Waals surface area contributed by atoms with Gasteiger partial charge in [0.2, 0.25) is 0 Å². The molecule has 0 unspecified atom stereocenters. The molecule has 0 radical (unpaired) electrons. The molecule has 0 fully saturated rings. The summed E-state index contributed by atoms with van der Waals surface area (Å²) in [6, 6.07) is 28.5. The van der Waals surface area contributed by atoms with Gasteiger partial charge in [-0.1, -0.05) is 112 Å². The molecule has 0 aliphatic heterocycles. The number of benzene rings is 4. The molecule has 2 nitrogen and oxygen atoms in total. The van der Waals surface area contributed by atoms with Gasteiger partial charge in [-0.25, -0.2) is 0 Å². The Balaban J connectivity index is 1.36. The van der Waals surface area contributed by atoms with Crippen LogP contribution in [0, 0.1) is 0 Å². The summed E-state index contributed by atoms with van der Waals surface area (Å²) in [6.07, 6.45) is 10.4. The lowest BCUT2D eigenvalue weighted by atomic mass is 9.96. The number of Topliss-reactive ketones (excluding diaryl/α,β-unsaturated/α-hetero) is 2. The molecule has 0 aromatic heterocycles. The van der Waals surface area contributed by atoms with Crippen LogP contribution in [0.2, 0.25) is 0 Å². The van der Waals surface area contributed by atoms with Crippen LogP contribution in [0.5, 0.6) is 0 Å². The Bertz CT molecular complexity index is 1240. The Labute approximate surface area is 228 Å². The van der Waals surface area contributed by atoms with Crippen LogP contribution in [0.4, 0.5) is 0 Å². The summed E-state index contributed by atoms with van der Waals surface area (Å²) in [6.45, 7) is 4.44. The summed E-state index contributed by atoms with van der Waals surface area (Å²) < 4.78 is 0. The number of rotatable bonds is 14. The van der Waals surface area contributed by atoms with Gasteiger partial charge in [-0.3, -0.25) is 9.59 Å². The number of fused-ring (bicyclic) bond motifs is 1. The van der Waals surface area contributed by atoms with Crippen molar-refractivity contribution in [1.82, 2.24) is 0 Å². The second kappa shape index (κ2) is 13.9. The van der Waals surface area contributed by atoms with Crippen molar-refractivity contribution in [3.8, 4) is 0 Å². The summed E-state index contributed by atoms with van der Waals surface area (Å²) in [5, 5.41) is 1.96. The molecule has 196 valence electrons. The monoisotopic (exact) mass is 504 g/mol. The fourth-order valence-electron chi connectivity index (χ4n) is 4.97. The highest BCUT2D eigenvalue weighted by atomic mass is 16.1. The van der Waals surface area contributed by atoms with E-state index in [4.69, 9.17) is 0 Å². The van der Waals surface area contributed by atoms with Crippen LogP contribution in [0.3, 0.4) is 0 Å². The van der Waals surface area contributed by atoms with Crippen molar-refractivity contribution < 1.29 is 9.59 Å². The molecule has 0 saturated heterocycles. The number of hydrogen-bond acceptors (Lipinski definition) is 2. The molecule has 0 N–H and O–H groups in total. The van der Waals surface area contributed by atoms with Crippen LogP contribution in [-0.4, -0.2) is 11.6 Å². The van der Waals surface area contributed by atoms with Gasteiger partial charge in [-0.2, -0.15) is 0 Å². The zero-order valence-electron chi connectivity index (χ0n) is 23.0. The molecule has 0 spiro atoms. The highest BCUT2D eigenvalue weighted by Gasteiger charge is 2.11. The van der Waals surface area contributed by atoms with E-state index in [9.17, 15) is 9.59 Å². The van der Waals surface area contributed by atoms with Crippen LogP contribution in [0.15, 0.2) is 84.9 Å². The summed E-state index contributed by atoms with van der Waals surface area (Å²) in [5.41, 5.74) is 6.19. The van der Waals surface area contributed by atoms with Crippen LogP contribution in [-0.2, 0) is 25.7 Å². The molecule has 0 aliphatic rings. The first-order chi connectivity index (χ1) is 18.6. The summed E-state index contributed by atoms with van der Waals surface area (Å²) in [7, 11) is 0. The SMILES string of the molecule is CCCCCc1ccc(CC(=O)c2ccc3cc(C(=O)Cc4ccc(CCCCC)cc4)ccc3c2)cc1. The largest absolute Gasteiger partial charge is 0.294 e.